The second-order valence-corrected chi connectivity index (χ2v) is 8.19. The van der Waals surface area contributed by atoms with Gasteiger partial charge in [-0.15, -0.1) is 0 Å². The van der Waals surface area contributed by atoms with Crippen molar-refractivity contribution in [3.8, 4) is 16.9 Å². The predicted octanol–water partition coefficient (Wildman–Crippen LogP) is 5.14. The summed E-state index contributed by atoms with van der Waals surface area (Å²) in [5.41, 5.74) is 3.77. The zero-order valence-electron chi connectivity index (χ0n) is 17.9. The maximum Gasteiger partial charge on any atom is 0.254 e. The molecule has 5 rings (SSSR count). The normalized spacial score (nSPS) is 14.3. The summed E-state index contributed by atoms with van der Waals surface area (Å²) in [7, 11) is 1.77. The van der Waals surface area contributed by atoms with E-state index in [4.69, 9.17) is 4.74 Å². The number of benzene rings is 2. The molecule has 0 saturated heterocycles. The lowest BCUT2D eigenvalue weighted by Crippen LogP contribution is -2.30. The van der Waals surface area contributed by atoms with Gasteiger partial charge in [0.2, 0.25) is 0 Å². The summed E-state index contributed by atoms with van der Waals surface area (Å²) >= 11 is 0. The standard InChI is InChI=1S/C25H23FN4O2/c1-15(22-14-27-12-18-13-28-29-24(18)22)30(2)25(31)17-6-9-21(16-4-3-5-19(26)10-16)23(11-17)32-20-7-8-20/h3-6,9-15,20H,7-8H2,1-2H3,(H,28,29)/t15-/m0/s1. The number of rotatable bonds is 6. The third-order valence-corrected chi connectivity index (χ3v) is 5.92. The van der Waals surface area contributed by atoms with E-state index < -0.39 is 0 Å². The van der Waals surface area contributed by atoms with Crippen molar-refractivity contribution >= 4 is 16.8 Å². The molecule has 2 heterocycles. The minimum atomic E-state index is -0.310. The third kappa shape index (κ3) is 3.82. The van der Waals surface area contributed by atoms with Crippen molar-refractivity contribution in [3.05, 3.63) is 78.0 Å². The molecule has 0 aliphatic heterocycles. The van der Waals surface area contributed by atoms with E-state index in [1.165, 1.54) is 12.1 Å². The summed E-state index contributed by atoms with van der Waals surface area (Å²) < 4.78 is 19.9. The van der Waals surface area contributed by atoms with Crippen molar-refractivity contribution in [1.29, 1.82) is 0 Å². The molecule has 2 aromatic carbocycles. The summed E-state index contributed by atoms with van der Waals surface area (Å²) in [6, 6.07) is 11.5. The number of carbonyl (C=O) groups excluding carboxylic acids is 1. The number of nitrogens with zero attached hydrogens (tertiary/aromatic N) is 3. The highest BCUT2D eigenvalue weighted by atomic mass is 19.1. The Bertz CT molecular complexity index is 1300. The quantitative estimate of drug-likeness (QED) is 0.460. The Morgan fingerprint density at radius 2 is 2.03 bits per heavy atom. The van der Waals surface area contributed by atoms with Gasteiger partial charge in [-0.1, -0.05) is 12.1 Å². The minimum absolute atomic E-state index is 0.138. The molecule has 1 N–H and O–H groups in total. The van der Waals surface area contributed by atoms with E-state index in [2.05, 4.69) is 15.2 Å². The Balaban J connectivity index is 1.47. The third-order valence-electron chi connectivity index (χ3n) is 5.92. The van der Waals surface area contributed by atoms with Crippen molar-refractivity contribution in [2.75, 3.05) is 7.05 Å². The number of halogens is 1. The largest absolute Gasteiger partial charge is 0.490 e. The number of pyridine rings is 1. The highest BCUT2D eigenvalue weighted by molar-refractivity contribution is 5.96. The van der Waals surface area contributed by atoms with Crippen molar-refractivity contribution in [1.82, 2.24) is 20.1 Å². The fraction of sp³-hybridized carbons (Fsp3) is 0.240. The van der Waals surface area contributed by atoms with Crippen LogP contribution in [-0.4, -0.2) is 39.1 Å². The van der Waals surface area contributed by atoms with Crippen molar-refractivity contribution in [2.24, 2.45) is 0 Å². The molecule has 0 unspecified atom stereocenters. The van der Waals surface area contributed by atoms with E-state index in [-0.39, 0.29) is 23.9 Å². The molecule has 0 radical (unpaired) electrons. The maximum absolute atomic E-state index is 13.8. The number of hydrogen-bond donors (Lipinski definition) is 1. The van der Waals surface area contributed by atoms with E-state index in [1.807, 2.05) is 19.1 Å². The van der Waals surface area contributed by atoms with Crippen LogP contribution in [0.5, 0.6) is 5.75 Å². The number of carbonyl (C=O) groups is 1. The number of hydrogen-bond acceptors (Lipinski definition) is 4. The van der Waals surface area contributed by atoms with Gasteiger partial charge in [-0.25, -0.2) is 4.39 Å². The summed E-state index contributed by atoms with van der Waals surface area (Å²) in [6.07, 6.45) is 7.33. The molecule has 6 nitrogen and oxygen atoms in total. The first-order valence-corrected chi connectivity index (χ1v) is 10.6. The number of nitrogens with one attached hydrogen (secondary N) is 1. The molecule has 4 aromatic rings. The number of amides is 1. The van der Waals surface area contributed by atoms with Gasteiger partial charge in [0.1, 0.15) is 11.6 Å². The monoisotopic (exact) mass is 430 g/mol. The van der Waals surface area contributed by atoms with Gasteiger partial charge < -0.3 is 9.64 Å². The molecule has 32 heavy (non-hydrogen) atoms. The SMILES string of the molecule is C[C@@H](c1cncc2cn[nH]c12)N(C)C(=O)c1ccc(-c2cccc(F)c2)c(OC2CC2)c1. The fourth-order valence-electron chi connectivity index (χ4n) is 3.80. The van der Waals surface area contributed by atoms with Gasteiger partial charge in [0.05, 0.1) is 23.9 Å². The fourth-order valence-corrected chi connectivity index (χ4v) is 3.80. The smallest absolute Gasteiger partial charge is 0.254 e. The lowest BCUT2D eigenvalue weighted by molar-refractivity contribution is 0.0743. The van der Waals surface area contributed by atoms with E-state index in [9.17, 15) is 9.18 Å². The second kappa shape index (κ2) is 8.07. The van der Waals surface area contributed by atoms with Crippen LogP contribution < -0.4 is 4.74 Å². The molecule has 2 aromatic heterocycles. The Morgan fingerprint density at radius 3 is 2.81 bits per heavy atom. The first-order valence-electron chi connectivity index (χ1n) is 10.6. The number of fused-ring (bicyclic) bond motifs is 1. The van der Waals surface area contributed by atoms with Gasteiger partial charge in [-0.05, 0) is 55.7 Å². The van der Waals surface area contributed by atoms with Gasteiger partial charge in [-0.2, -0.15) is 5.10 Å². The predicted molar refractivity (Wildman–Crippen MR) is 120 cm³/mol. The average Bonchev–Trinajstić information content (AvgIpc) is 3.49. The minimum Gasteiger partial charge on any atom is -0.490 e. The van der Waals surface area contributed by atoms with Crippen LogP contribution in [0.4, 0.5) is 4.39 Å². The van der Waals surface area contributed by atoms with Crippen LogP contribution in [0, 0.1) is 5.82 Å². The molecule has 1 fully saturated rings. The van der Waals surface area contributed by atoms with Crippen LogP contribution in [0.25, 0.3) is 22.0 Å². The van der Waals surface area contributed by atoms with Crippen LogP contribution in [-0.2, 0) is 0 Å². The summed E-state index contributed by atoms with van der Waals surface area (Å²) in [4.78, 5) is 19.3. The average molecular weight is 430 g/mol. The van der Waals surface area contributed by atoms with Gasteiger partial charge in [-0.3, -0.25) is 14.9 Å². The molecule has 1 aliphatic rings. The number of aromatic amines is 1. The Hall–Kier alpha value is -3.74. The zero-order valence-corrected chi connectivity index (χ0v) is 17.9. The highest BCUT2D eigenvalue weighted by Gasteiger charge is 2.27. The molecule has 1 aliphatic carbocycles. The molecule has 1 saturated carbocycles. The molecular formula is C25H23FN4O2. The summed E-state index contributed by atoms with van der Waals surface area (Å²) in [5, 5.41) is 7.97. The van der Waals surface area contributed by atoms with E-state index in [1.54, 1.807) is 48.7 Å². The van der Waals surface area contributed by atoms with Gasteiger partial charge in [0, 0.05) is 41.5 Å². The molecule has 0 bridgehead atoms. The van der Waals surface area contributed by atoms with Gasteiger partial charge >= 0.3 is 0 Å². The van der Waals surface area contributed by atoms with Crippen molar-refractivity contribution < 1.29 is 13.9 Å². The summed E-state index contributed by atoms with van der Waals surface area (Å²) in [5.74, 6) is 0.151. The first-order chi connectivity index (χ1) is 15.5. The maximum atomic E-state index is 13.8. The van der Waals surface area contributed by atoms with Crippen molar-refractivity contribution in [3.63, 3.8) is 0 Å². The first kappa shape index (κ1) is 20.2. The highest BCUT2D eigenvalue weighted by Crippen LogP contribution is 2.36. The van der Waals surface area contributed by atoms with E-state index in [0.29, 0.717) is 11.3 Å². The molecule has 7 heteroatoms. The van der Waals surface area contributed by atoms with Crippen molar-refractivity contribution in [2.45, 2.75) is 31.9 Å². The Morgan fingerprint density at radius 1 is 1.19 bits per heavy atom. The Labute approximate surface area is 185 Å². The molecule has 162 valence electrons. The topological polar surface area (TPSA) is 71.1 Å². The Kier molecular flexibility index (Phi) is 5.09. The van der Waals surface area contributed by atoms with E-state index in [0.717, 1.165) is 40.4 Å². The van der Waals surface area contributed by atoms with Crippen LogP contribution in [0.3, 0.4) is 0 Å². The zero-order chi connectivity index (χ0) is 22.2. The second-order valence-electron chi connectivity index (χ2n) is 8.19. The van der Waals surface area contributed by atoms with Gasteiger partial charge in [0.25, 0.3) is 5.91 Å². The van der Waals surface area contributed by atoms with Crippen LogP contribution in [0.2, 0.25) is 0 Å². The lowest BCUT2D eigenvalue weighted by Gasteiger charge is -2.26. The van der Waals surface area contributed by atoms with Crippen LogP contribution >= 0.6 is 0 Å². The van der Waals surface area contributed by atoms with E-state index >= 15 is 0 Å². The molecule has 1 amide bonds. The van der Waals surface area contributed by atoms with Gasteiger partial charge in [0.15, 0.2) is 0 Å². The number of H-pyrrole nitrogens is 1. The molecule has 0 spiro atoms. The summed E-state index contributed by atoms with van der Waals surface area (Å²) in [6.45, 7) is 1.96. The lowest BCUT2D eigenvalue weighted by atomic mass is 10.0. The van der Waals surface area contributed by atoms with Crippen LogP contribution in [0.15, 0.2) is 61.1 Å². The number of aromatic nitrogens is 3. The molecule has 1 atom stereocenters. The number of ether oxygens (including phenoxy) is 1. The van der Waals surface area contributed by atoms with Crippen LogP contribution in [0.1, 0.15) is 41.7 Å². The molecular weight excluding hydrogens is 407 g/mol.